The number of aromatic amines is 1. The first kappa shape index (κ1) is 20.5. The molecule has 4 rings (SSSR count). The van der Waals surface area contributed by atoms with Crippen molar-refractivity contribution in [2.75, 3.05) is 26.9 Å². The van der Waals surface area contributed by atoms with Crippen molar-refractivity contribution in [1.29, 1.82) is 0 Å². The number of carbonyl (C=O) groups is 2. The lowest BCUT2D eigenvalue weighted by molar-refractivity contribution is -0.137. The molecule has 30 heavy (non-hydrogen) atoms. The predicted molar refractivity (Wildman–Crippen MR) is 111 cm³/mol. The first-order valence-electron chi connectivity index (χ1n) is 9.75. The monoisotopic (exact) mass is 431 g/mol. The normalized spacial score (nSPS) is 13.5. The number of methoxy groups -OCH3 is 1. The third kappa shape index (κ3) is 3.95. The summed E-state index contributed by atoms with van der Waals surface area (Å²) in [6.45, 7) is 3.87. The van der Waals surface area contributed by atoms with E-state index in [9.17, 15) is 14.0 Å². The average Bonchev–Trinajstić information content (AvgIpc) is 3.35. The first-order valence-corrected chi connectivity index (χ1v) is 10.6. The molecule has 0 fully saturated rings. The van der Waals surface area contributed by atoms with Crippen molar-refractivity contribution in [3.63, 3.8) is 0 Å². The summed E-state index contributed by atoms with van der Waals surface area (Å²) in [4.78, 5) is 35.8. The average molecular weight is 431 g/mol. The maximum absolute atomic E-state index is 13.9. The van der Waals surface area contributed by atoms with E-state index in [-0.39, 0.29) is 18.1 Å². The second-order valence-electron chi connectivity index (χ2n) is 7.10. The predicted octanol–water partition coefficient (Wildman–Crippen LogP) is 3.53. The van der Waals surface area contributed by atoms with E-state index in [4.69, 9.17) is 9.47 Å². The number of H-pyrrole nitrogens is 1. The zero-order chi connectivity index (χ0) is 21.3. The number of nitrogens with one attached hydrogen (secondary N) is 1. The van der Waals surface area contributed by atoms with Crippen molar-refractivity contribution in [2.45, 2.75) is 26.3 Å². The number of hydrogen-bond donors (Lipinski definition) is 1. The summed E-state index contributed by atoms with van der Waals surface area (Å²) in [6.07, 6.45) is 1.65. The molecule has 7 nitrogen and oxygen atoms in total. The molecule has 0 saturated heterocycles. The fourth-order valence-electron chi connectivity index (χ4n) is 3.52. The van der Waals surface area contributed by atoms with E-state index in [1.165, 1.54) is 18.1 Å². The van der Waals surface area contributed by atoms with Gasteiger partial charge in [0, 0.05) is 24.6 Å². The molecule has 2 aromatic heterocycles. The number of carbonyl (C=O) groups excluding carboxylic acids is 2. The zero-order valence-electron chi connectivity index (χ0n) is 16.8. The van der Waals surface area contributed by atoms with Gasteiger partial charge in [-0.2, -0.15) is 0 Å². The molecular formula is C21H22FN3O4S. The first-order chi connectivity index (χ1) is 14.5. The van der Waals surface area contributed by atoms with E-state index >= 15 is 0 Å². The van der Waals surface area contributed by atoms with E-state index in [0.29, 0.717) is 36.6 Å². The highest BCUT2D eigenvalue weighted by Crippen LogP contribution is 2.35. The molecule has 158 valence electrons. The van der Waals surface area contributed by atoms with Gasteiger partial charge in [-0.3, -0.25) is 4.79 Å². The summed E-state index contributed by atoms with van der Waals surface area (Å²) in [5, 5.41) is 0. The third-order valence-electron chi connectivity index (χ3n) is 4.98. The summed E-state index contributed by atoms with van der Waals surface area (Å²) in [6, 6.07) is 4.43. The Bertz CT molecular complexity index is 1110. The molecule has 0 saturated carbocycles. The van der Waals surface area contributed by atoms with Crippen molar-refractivity contribution in [2.24, 2.45) is 0 Å². The molecule has 0 bridgehead atoms. The summed E-state index contributed by atoms with van der Waals surface area (Å²) in [5.74, 6) is -0.626. The number of amides is 1. The molecule has 0 atom stereocenters. The summed E-state index contributed by atoms with van der Waals surface area (Å²) >= 11 is 1.59. The summed E-state index contributed by atoms with van der Waals surface area (Å²) < 4.78 is 24.0. The van der Waals surface area contributed by atoms with Gasteiger partial charge < -0.3 is 19.4 Å². The van der Waals surface area contributed by atoms with Crippen LogP contribution in [0.3, 0.4) is 0 Å². The molecule has 3 heterocycles. The van der Waals surface area contributed by atoms with Gasteiger partial charge in [0.15, 0.2) is 0 Å². The SMILES string of the molecule is CCCOCC(=O)N1CCc2sc(-c3nc4c(C(=O)OC)cc(F)cc4[nH]3)cc2C1. The zero-order valence-corrected chi connectivity index (χ0v) is 17.6. The summed E-state index contributed by atoms with van der Waals surface area (Å²) in [5.41, 5.74) is 1.96. The number of rotatable bonds is 6. The molecule has 0 spiro atoms. The van der Waals surface area contributed by atoms with E-state index in [2.05, 4.69) is 9.97 Å². The number of aromatic nitrogens is 2. The maximum Gasteiger partial charge on any atom is 0.340 e. The Morgan fingerprint density at radius 3 is 2.93 bits per heavy atom. The molecular weight excluding hydrogens is 409 g/mol. The standard InChI is InChI=1S/C21H22FN3O4S/c1-3-6-29-11-18(26)25-5-4-16-12(10-25)7-17(30-16)20-23-15-9-13(22)8-14(19(15)24-20)21(27)28-2/h7-9H,3-6,10-11H2,1-2H3,(H,23,24). The fraction of sp³-hybridized carbons (Fsp3) is 0.381. The van der Waals surface area contributed by atoms with E-state index in [1.807, 2.05) is 13.0 Å². The molecule has 0 radical (unpaired) electrons. The van der Waals surface area contributed by atoms with Gasteiger partial charge in [0.2, 0.25) is 5.91 Å². The van der Waals surface area contributed by atoms with Gasteiger partial charge >= 0.3 is 5.97 Å². The number of esters is 1. The Labute approximate surface area is 176 Å². The molecule has 0 unspecified atom stereocenters. The minimum absolute atomic E-state index is 0.0104. The van der Waals surface area contributed by atoms with Crippen LogP contribution in [-0.2, 0) is 27.2 Å². The van der Waals surface area contributed by atoms with E-state index < -0.39 is 11.8 Å². The molecule has 1 aromatic carbocycles. The molecule has 9 heteroatoms. The van der Waals surface area contributed by atoms with Crippen LogP contribution in [-0.4, -0.2) is 53.6 Å². The minimum Gasteiger partial charge on any atom is -0.465 e. The lowest BCUT2D eigenvalue weighted by atomic mass is 10.1. The topological polar surface area (TPSA) is 84.5 Å². The van der Waals surface area contributed by atoms with E-state index in [1.54, 1.807) is 16.2 Å². The van der Waals surface area contributed by atoms with E-state index in [0.717, 1.165) is 29.3 Å². The van der Waals surface area contributed by atoms with Crippen LogP contribution >= 0.6 is 11.3 Å². The molecule has 1 N–H and O–H groups in total. The van der Waals surface area contributed by atoms with Crippen molar-refractivity contribution < 1.29 is 23.5 Å². The minimum atomic E-state index is -0.637. The Hall–Kier alpha value is -2.78. The molecule has 3 aromatic rings. The van der Waals surface area contributed by atoms with Crippen LogP contribution in [0, 0.1) is 5.82 Å². The third-order valence-corrected chi connectivity index (χ3v) is 6.23. The number of hydrogen-bond acceptors (Lipinski definition) is 6. The van der Waals surface area contributed by atoms with Crippen LogP contribution in [0.1, 0.15) is 34.1 Å². The van der Waals surface area contributed by atoms with Crippen LogP contribution in [0.2, 0.25) is 0 Å². The van der Waals surface area contributed by atoms with Crippen molar-refractivity contribution in [3.05, 3.63) is 40.0 Å². The highest BCUT2D eigenvalue weighted by atomic mass is 32.1. The fourth-order valence-corrected chi connectivity index (χ4v) is 4.63. The van der Waals surface area contributed by atoms with Gasteiger partial charge in [-0.1, -0.05) is 6.92 Å². The van der Waals surface area contributed by atoms with Gasteiger partial charge in [0.25, 0.3) is 0 Å². The smallest absolute Gasteiger partial charge is 0.340 e. The molecule has 1 aliphatic heterocycles. The number of benzene rings is 1. The number of fused-ring (bicyclic) bond motifs is 2. The van der Waals surface area contributed by atoms with Crippen LogP contribution in [0.4, 0.5) is 4.39 Å². The molecule has 0 aliphatic carbocycles. The van der Waals surface area contributed by atoms with Crippen LogP contribution in [0.25, 0.3) is 21.7 Å². The number of thiophene rings is 1. The summed E-state index contributed by atoms with van der Waals surface area (Å²) in [7, 11) is 1.25. The van der Waals surface area contributed by atoms with Gasteiger partial charge in [0.1, 0.15) is 23.8 Å². The lowest BCUT2D eigenvalue weighted by Crippen LogP contribution is -2.37. The second kappa shape index (κ2) is 8.53. The van der Waals surface area contributed by atoms with Gasteiger partial charge in [-0.25, -0.2) is 14.2 Å². The Kier molecular flexibility index (Phi) is 5.83. The Morgan fingerprint density at radius 1 is 1.33 bits per heavy atom. The second-order valence-corrected chi connectivity index (χ2v) is 8.24. The van der Waals surface area contributed by atoms with Crippen LogP contribution < -0.4 is 0 Å². The number of imidazole rings is 1. The van der Waals surface area contributed by atoms with Gasteiger partial charge in [-0.05, 0) is 36.6 Å². The van der Waals surface area contributed by atoms with Gasteiger partial charge in [0.05, 0.1) is 23.1 Å². The molecule has 1 amide bonds. The number of nitrogens with zero attached hydrogens (tertiary/aromatic N) is 2. The Morgan fingerprint density at radius 2 is 2.17 bits per heavy atom. The van der Waals surface area contributed by atoms with Crippen LogP contribution in [0.5, 0.6) is 0 Å². The molecule has 1 aliphatic rings. The van der Waals surface area contributed by atoms with Crippen molar-refractivity contribution in [1.82, 2.24) is 14.9 Å². The van der Waals surface area contributed by atoms with Crippen molar-refractivity contribution in [3.8, 4) is 10.7 Å². The van der Waals surface area contributed by atoms with Crippen LogP contribution in [0.15, 0.2) is 18.2 Å². The largest absolute Gasteiger partial charge is 0.465 e. The quantitative estimate of drug-likeness (QED) is 0.477. The van der Waals surface area contributed by atoms with Crippen molar-refractivity contribution >= 4 is 34.2 Å². The highest BCUT2D eigenvalue weighted by molar-refractivity contribution is 7.15. The number of halogens is 1. The number of ether oxygens (including phenoxy) is 2. The maximum atomic E-state index is 13.9. The highest BCUT2D eigenvalue weighted by Gasteiger charge is 2.24. The lowest BCUT2D eigenvalue weighted by Gasteiger charge is -2.26. The van der Waals surface area contributed by atoms with Gasteiger partial charge in [-0.15, -0.1) is 11.3 Å². The Balaban J connectivity index is 1.59.